The number of carboxylic acid groups (broad SMARTS) is 1. The average molecular weight is 190 g/mol. The Morgan fingerprint density at radius 3 is 2.67 bits per heavy atom. The molecular weight excluding hydrogens is 186 g/mol. The molecule has 0 atom stereocenters. The van der Waals surface area contributed by atoms with Crippen molar-refractivity contribution in [2.45, 2.75) is 0 Å². The van der Waals surface area contributed by atoms with Crippen molar-refractivity contribution in [2.24, 2.45) is 0 Å². The Hall–Kier alpha value is -0.770. The molecule has 0 aliphatic heterocycles. The van der Waals surface area contributed by atoms with Crippen molar-refractivity contribution in [1.82, 2.24) is 4.57 Å². The first-order valence-corrected chi connectivity index (χ1v) is 3.07. The first-order valence-electron chi connectivity index (χ1n) is 2.28. The van der Waals surface area contributed by atoms with Crippen molar-refractivity contribution in [3.63, 3.8) is 0 Å². The van der Waals surface area contributed by atoms with E-state index in [2.05, 4.69) is 15.9 Å². The van der Waals surface area contributed by atoms with Gasteiger partial charge < -0.3 is 5.11 Å². The number of nitrogens with zero attached hydrogens (tertiary/aromatic N) is 1. The van der Waals surface area contributed by atoms with Gasteiger partial charge in [-0.25, -0.2) is 9.36 Å². The molecule has 0 aliphatic carbocycles. The van der Waals surface area contributed by atoms with Gasteiger partial charge in [-0.15, -0.1) is 0 Å². The lowest BCUT2D eigenvalue weighted by atomic mass is 10.7. The Balaban J connectivity index is 3.08. The summed E-state index contributed by atoms with van der Waals surface area (Å²) in [7, 11) is 0. The van der Waals surface area contributed by atoms with Gasteiger partial charge in [0.05, 0.1) is 4.60 Å². The van der Waals surface area contributed by atoms with E-state index >= 15 is 0 Å². The summed E-state index contributed by atoms with van der Waals surface area (Å²) < 4.78 is 1.63. The molecule has 1 N–H and O–H groups in total. The first kappa shape index (κ1) is 6.35. The number of hydrogen-bond donors (Lipinski definition) is 1. The quantitative estimate of drug-likeness (QED) is 0.677. The molecule has 0 bridgehead atoms. The number of hydrogen-bond acceptors (Lipinski definition) is 1. The summed E-state index contributed by atoms with van der Waals surface area (Å²) in [6.45, 7) is 0. The molecule has 48 valence electrons. The molecule has 0 saturated carbocycles. The van der Waals surface area contributed by atoms with Crippen molar-refractivity contribution in [3.05, 3.63) is 22.9 Å². The second-order valence-corrected chi connectivity index (χ2v) is 2.30. The lowest BCUT2D eigenvalue weighted by Crippen LogP contribution is -2.05. The summed E-state index contributed by atoms with van der Waals surface area (Å²) in [6, 6.07) is 3.31. The van der Waals surface area contributed by atoms with Crippen LogP contribution in [0.3, 0.4) is 0 Å². The van der Waals surface area contributed by atoms with Crippen molar-refractivity contribution < 1.29 is 9.90 Å². The van der Waals surface area contributed by atoms with Crippen LogP contribution in [0.5, 0.6) is 0 Å². The average Bonchev–Trinajstić information content (AvgIpc) is 2.13. The monoisotopic (exact) mass is 189 g/mol. The maximum Gasteiger partial charge on any atom is 0.416 e. The number of rotatable bonds is 0. The van der Waals surface area contributed by atoms with E-state index < -0.39 is 6.09 Å². The number of halogens is 1. The zero-order chi connectivity index (χ0) is 6.85. The highest BCUT2D eigenvalue weighted by atomic mass is 79.9. The first-order chi connectivity index (χ1) is 4.22. The van der Waals surface area contributed by atoms with E-state index in [9.17, 15) is 4.79 Å². The molecule has 1 aromatic rings. The third-order valence-electron chi connectivity index (χ3n) is 0.905. The van der Waals surface area contributed by atoms with E-state index in [1.807, 2.05) is 0 Å². The molecule has 9 heavy (non-hydrogen) atoms. The molecule has 0 saturated heterocycles. The van der Waals surface area contributed by atoms with Crippen LogP contribution in [0.25, 0.3) is 0 Å². The van der Waals surface area contributed by atoms with E-state index in [0.717, 1.165) is 4.57 Å². The molecule has 0 unspecified atom stereocenters. The standard InChI is InChI=1S/C5H4BrNO2/c6-4-2-1-3-7(4)5(8)9/h1-3H,(H,8,9). The van der Waals surface area contributed by atoms with Gasteiger partial charge in [0.15, 0.2) is 0 Å². The fourth-order valence-corrected chi connectivity index (χ4v) is 0.938. The van der Waals surface area contributed by atoms with Gasteiger partial charge in [-0.05, 0) is 28.1 Å². The van der Waals surface area contributed by atoms with Crippen molar-refractivity contribution in [3.8, 4) is 0 Å². The fraction of sp³-hybridized carbons (Fsp3) is 0. The molecule has 0 fully saturated rings. The Kier molecular flexibility index (Phi) is 1.57. The van der Waals surface area contributed by atoms with Crippen LogP contribution in [0.2, 0.25) is 0 Å². The summed E-state index contributed by atoms with van der Waals surface area (Å²) >= 11 is 3.05. The molecule has 0 aromatic carbocycles. The van der Waals surface area contributed by atoms with Crippen molar-refractivity contribution >= 4 is 22.0 Å². The number of carbonyl (C=O) groups is 1. The molecule has 3 nitrogen and oxygen atoms in total. The maximum absolute atomic E-state index is 10.2. The largest absolute Gasteiger partial charge is 0.464 e. The van der Waals surface area contributed by atoms with Crippen LogP contribution in [-0.2, 0) is 0 Å². The van der Waals surface area contributed by atoms with Gasteiger partial charge in [-0.3, -0.25) is 0 Å². The van der Waals surface area contributed by atoms with Crippen LogP contribution in [0.1, 0.15) is 0 Å². The SMILES string of the molecule is O=C(O)n1cccc1Br. The third kappa shape index (κ3) is 1.13. The molecule has 0 radical (unpaired) electrons. The van der Waals surface area contributed by atoms with Gasteiger partial charge in [-0.2, -0.15) is 0 Å². The summed E-state index contributed by atoms with van der Waals surface area (Å²) in [5, 5.41) is 8.39. The molecule has 1 heterocycles. The van der Waals surface area contributed by atoms with Crippen LogP contribution < -0.4 is 0 Å². The predicted molar refractivity (Wildman–Crippen MR) is 35.6 cm³/mol. The Labute approximate surface area is 60.0 Å². The lowest BCUT2D eigenvalue weighted by Gasteiger charge is -1.92. The lowest BCUT2D eigenvalue weighted by molar-refractivity contribution is 0.196. The van der Waals surface area contributed by atoms with Gasteiger partial charge in [0.2, 0.25) is 0 Å². The minimum atomic E-state index is -0.980. The highest BCUT2D eigenvalue weighted by Crippen LogP contribution is 2.08. The van der Waals surface area contributed by atoms with Gasteiger partial charge in [0.1, 0.15) is 0 Å². The smallest absolute Gasteiger partial charge is 0.416 e. The topological polar surface area (TPSA) is 42.2 Å². The van der Waals surface area contributed by atoms with Crippen LogP contribution in [0.15, 0.2) is 22.9 Å². The molecule has 1 aromatic heterocycles. The van der Waals surface area contributed by atoms with E-state index in [0.29, 0.717) is 4.60 Å². The molecule has 0 spiro atoms. The molecule has 0 aliphatic rings. The number of aromatic nitrogens is 1. The van der Waals surface area contributed by atoms with Gasteiger partial charge >= 0.3 is 6.09 Å². The third-order valence-corrected chi connectivity index (χ3v) is 1.55. The van der Waals surface area contributed by atoms with Crippen LogP contribution in [0, 0.1) is 0 Å². The molecule has 4 heteroatoms. The summed E-state index contributed by atoms with van der Waals surface area (Å²) in [5.74, 6) is 0. The van der Waals surface area contributed by atoms with Crippen LogP contribution >= 0.6 is 15.9 Å². The fourth-order valence-electron chi connectivity index (χ4n) is 0.515. The maximum atomic E-state index is 10.2. The summed E-state index contributed by atoms with van der Waals surface area (Å²) in [4.78, 5) is 10.2. The Morgan fingerprint density at radius 1 is 1.78 bits per heavy atom. The summed E-state index contributed by atoms with van der Waals surface area (Å²) in [6.07, 6.45) is 0.485. The van der Waals surface area contributed by atoms with E-state index in [1.54, 1.807) is 12.1 Å². The molecule has 0 amide bonds. The van der Waals surface area contributed by atoms with E-state index in [-0.39, 0.29) is 0 Å². The van der Waals surface area contributed by atoms with Crippen molar-refractivity contribution in [2.75, 3.05) is 0 Å². The zero-order valence-electron chi connectivity index (χ0n) is 4.41. The normalized spacial score (nSPS) is 9.44. The zero-order valence-corrected chi connectivity index (χ0v) is 6.00. The second kappa shape index (κ2) is 2.23. The predicted octanol–water partition coefficient (Wildman–Crippen LogP) is 1.78. The highest BCUT2D eigenvalue weighted by molar-refractivity contribution is 9.10. The van der Waals surface area contributed by atoms with Gasteiger partial charge in [0.25, 0.3) is 0 Å². The van der Waals surface area contributed by atoms with Gasteiger partial charge in [-0.1, -0.05) is 0 Å². The Morgan fingerprint density at radius 2 is 2.44 bits per heavy atom. The van der Waals surface area contributed by atoms with Crippen LogP contribution in [-0.4, -0.2) is 15.8 Å². The second-order valence-electron chi connectivity index (χ2n) is 1.48. The van der Waals surface area contributed by atoms with Crippen molar-refractivity contribution in [1.29, 1.82) is 0 Å². The Bertz CT molecular complexity index is 231. The van der Waals surface area contributed by atoms with E-state index in [4.69, 9.17) is 5.11 Å². The molecular formula is C5H4BrNO2. The van der Waals surface area contributed by atoms with E-state index in [1.165, 1.54) is 6.20 Å². The minimum absolute atomic E-state index is 0.551. The highest BCUT2D eigenvalue weighted by Gasteiger charge is 2.01. The van der Waals surface area contributed by atoms with Gasteiger partial charge in [0, 0.05) is 6.20 Å². The molecule has 1 rings (SSSR count). The minimum Gasteiger partial charge on any atom is -0.464 e. The summed E-state index contributed by atoms with van der Waals surface area (Å²) in [5.41, 5.74) is 0. The van der Waals surface area contributed by atoms with Crippen LogP contribution in [0.4, 0.5) is 4.79 Å².